The van der Waals surface area contributed by atoms with Crippen LogP contribution in [-0.2, 0) is 6.42 Å². The molecule has 1 saturated carbocycles. The number of benzene rings is 3. The van der Waals surface area contributed by atoms with E-state index in [1.54, 1.807) is 31.4 Å². The van der Waals surface area contributed by atoms with Crippen LogP contribution in [0.5, 0.6) is 5.75 Å². The number of rotatable bonds is 6. The number of carbonyl (C=O) groups is 2. The van der Waals surface area contributed by atoms with Gasteiger partial charge in [0.15, 0.2) is 0 Å². The SMILES string of the molecule is COc1cc(C(=O)N2c3ccccc3CCCC2NC2CC2)ccc1NC(=O)c1ccccc1C. The van der Waals surface area contributed by atoms with Crippen LogP contribution in [0, 0.1) is 6.92 Å². The molecule has 35 heavy (non-hydrogen) atoms. The summed E-state index contributed by atoms with van der Waals surface area (Å²) in [6, 6.07) is 21.3. The molecular formula is C29H31N3O3. The first-order chi connectivity index (χ1) is 17.0. The number of fused-ring (bicyclic) bond motifs is 1. The number of para-hydroxylation sites is 1. The topological polar surface area (TPSA) is 70.7 Å². The fraction of sp³-hybridized carbons (Fsp3) is 0.310. The fourth-order valence-corrected chi connectivity index (χ4v) is 4.75. The van der Waals surface area contributed by atoms with Crippen LogP contribution >= 0.6 is 0 Å². The van der Waals surface area contributed by atoms with Gasteiger partial charge in [0.25, 0.3) is 11.8 Å². The van der Waals surface area contributed by atoms with Crippen molar-refractivity contribution in [1.29, 1.82) is 0 Å². The predicted octanol–water partition coefficient (Wildman–Crippen LogP) is 5.32. The van der Waals surface area contributed by atoms with E-state index in [0.717, 1.165) is 43.4 Å². The van der Waals surface area contributed by atoms with Crippen molar-refractivity contribution in [3.05, 3.63) is 89.0 Å². The van der Waals surface area contributed by atoms with Crippen molar-refractivity contribution in [3.8, 4) is 5.75 Å². The van der Waals surface area contributed by atoms with Crippen LogP contribution in [0.1, 0.15) is 57.5 Å². The number of hydrogen-bond acceptors (Lipinski definition) is 4. The predicted molar refractivity (Wildman–Crippen MR) is 138 cm³/mol. The number of ether oxygens (including phenoxy) is 1. The van der Waals surface area contributed by atoms with Gasteiger partial charge < -0.3 is 10.1 Å². The molecule has 0 bridgehead atoms. The van der Waals surface area contributed by atoms with E-state index in [0.29, 0.717) is 28.6 Å². The number of methoxy groups -OCH3 is 1. The second-order valence-corrected chi connectivity index (χ2v) is 9.34. The second-order valence-electron chi connectivity index (χ2n) is 9.34. The maximum atomic E-state index is 13.9. The first-order valence-electron chi connectivity index (χ1n) is 12.3. The maximum absolute atomic E-state index is 13.9. The largest absolute Gasteiger partial charge is 0.495 e. The molecule has 1 unspecified atom stereocenters. The van der Waals surface area contributed by atoms with E-state index in [9.17, 15) is 9.59 Å². The van der Waals surface area contributed by atoms with E-state index < -0.39 is 0 Å². The molecule has 0 saturated heterocycles. The Morgan fingerprint density at radius 3 is 2.51 bits per heavy atom. The first-order valence-corrected chi connectivity index (χ1v) is 12.3. The van der Waals surface area contributed by atoms with E-state index in [1.807, 2.05) is 48.2 Å². The van der Waals surface area contributed by atoms with Gasteiger partial charge in [0.1, 0.15) is 5.75 Å². The maximum Gasteiger partial charge on any atom is 0.259 e. The molecule has 2 N–H and O–H groups in total. The first kappa shape index (κ1) is 23.1. The highest BCUT2D eigenvalue weighted by molar-refractivity contribution is 6.09. The average molecular weight is 470 g/mol. The molecule has 0 radical (unpaired) electrons. The molecule has 0 aromatic heterocycles. The highest BCUT2D eigenvalue weighted by Gasteiger charge is 2.34. The van der Waals surface area contributed by atoms with Gasteiger partial charge in [-0.15, -0.1) is 0 Å². The lowest BCUT2D eigenvalue weighted by atomic mass is 10.1. The fourth-order valence-electron chi connectivity index (χ4n) is 4.75. The Morgan fingerprint density at radius 1 is 0.971 bits per heavy atom. The standard InChI is InChI=1S/C29H31N3O3/c1-19-8-3-5-11-23(19)28(33)31-24-17-14-21(18-26(24)35-2)29(34)32-25-12-6-4-9-20(25)10-7-13-27(32)30-22-15-16-22/h3-6,8-9,11-12,14,17-18,22,27,30H,7,10,13,15-16H2,1-2H3,(H,31,33). The van der Waals surface area contributed by atoms with Gasteiger partial charge in [-0.1, -0.05) is 36.4 Å². The Hall–Kier alpha value is -3.64. The lowest BCUT2D eigenvalue weighted by Crippen LogP contribution is -2.49. The zero-order valence-corrected chi connectivity index (χ0v) is 20.2. The molecule has 1 heterocycles. The molecule has 2 aliphatic rings. The number of nitrogens with zero attached hydrogens (tertiary/aromatic N) is 1. The highest BCUT2D eigenvalue weighted by atomic mass is 16.5. The Balaban J connectivity index is 1.45. The molecule has 2 amide bonds. The molecule has 1 atom stereocenters. The van der Waals surface area contributed by atoms with Crippen LogP contribution in [0.2, 0.25) is 0 Å². The highest BCUT2D eigenvalue weighted by Crippen LogP contribution is 2.34. The minimum absolute atomic E-state index is 0.0509. The minimum Gasteiger partial charge on any atom is -0.495 e. The number of hydrogen-bond donors (Lipinski definition) is 2. The summed E-state index contributed by atoms with van der Waals surface area (Å²) in [6.07, 6.45) is 5.14. The summed E-state index contributed by atoms with van der Waals surface area (Å²) in [7, 11) is 1.55. The Kier molecular flexibility index (Phi) is 6.55. The van der Waals surface area contributed by atoms with Gasteiger partial charge in [0.2, 0.25) is 0 Å². The zero-order chi connectivity index (χ0) is 24.4. The van der Waals surface area contributed by atoms with Crippen LogP contribution in [0.3, 0.4) is 0 Å². The number of anilines is 2. The number of aryl methyl sites for hydroxylation is 2. The van der Waals surface area contributed by atoms with Crippen molar-refractivity contribution >= 4 is 23.2 Å². The van der Waals surface area contributed by atoms with Gasteiger partial charge in [-0.25, -0.2) is 0 Å². The molecule has 5 rings (SSSR count). The minimum atomic E-state index is -0.212. The third-order valence-corrected chi connectivity index (χ3v) is 6.80. The Bertz CT molecular complexity index is 1250. The molecule has 6 heteroatoms. The molecule has 1 aliphatic carbocycles. The van der Waals surface area contributed by atoms with E-state index in [2.05, 4.69) is 16.7 Å². The normalized spacial score (nSPS) is 17.3. The molecule has 1 fully saturated rings. The lowest BCUT2D eigenvalue weighted by molar-refractivity contribution is 0.0969. The summed E-state index contributed by atoms with van der Waals surface area (Å²) < 4.78 is 5.58. The number of carbonyl (C=O) groups excluding carboxylic acids is 2. The molecule has 180 valence electrons. The summed E-state index contributed by atoms with van der Waals surface area (Å²) in [5, 5.41) is 6.61. The van der Waals surface area contributed by atoms with Crippen LogP contribution in [0.25, 0.3) is 0 Å². The molecule has 1 aliphatic heterocycles. The van der Waals surface area contributed by atoms with Gasteiger partial charge in [0.05, 0.1) is 19.0 Å². The summed E-state index contributed by atoms with van der Waals surface area (Å²) in [5.41, 5.74) is 4.70. The van der Waals surface area contributed by atoms with E-state index >= 15 is 0 Å². The van der Waals surface area contributed by atoms with Crippen molar-refractivity contribution in [2.45, 2.75) is 51.2 Å². The quantitative estimate of drug-likeness (QED) is 0.513. The van der Waals surface area contributed by atoms with E-state index in [-0.39, 0.29) is 18.0 Å². The van der Waals surface area contributed by atoms with Gasteiger partial charge in [-0.05, 0) is 80.5 Å². The third kappa shape index (κ3) is 4.93. The second kappa shape index (κ2) is 9.92. The lowest BCUT2D eigenvalue weighted by Gasteiger charge is -2.32. The van der Waals surface area contributed by atoms with Gasteiger partial charge in [0, 0.05) is 22.9 Å². The van der Waals surface area contributed by atoms with Crippen molar-refractivity contribution in [2.24, 2.45) is 0 Å². The molecule has 0 spiro atoms. The Labute approximate surface area is 206 Å². The van der Waals surface area contributed by atoms with Gasteiger partial charge in [-0.3, -0.25) is 19.8 Å². The molecular weight excluding hydrogens is 438 g/mol. The van der Waals surface area contributed by atoms with Gasteiger partial charge >= 0.3 is 0 Å². The number of nitrogens with one attached hydrogen (secondary N) is 2. The molecule has 3 aromatic rings. The average Bonchev–Trinajstić information content (AvgIpc) is 3.71. The van der Waals surface area contributed by atoms with Crippen molar-refractivity contribution in [1.82, 2.24) is 5.32 Å². The van der Waals surface area contributed by atoms with E-state index in [1.165, 1.54) is 5.56 Å². The van der Waals surface area contributed by atoms with Crippen LogP contribution in [-0.4, -0.2) is 31.1 Å². The van der Waals surface area contributed by atoms with Gasteiger partial charge in [-0.2, -0.15) is 0 Å². The van der Waals surface area contributed by atoms with Crippen molar-refractivity contribution < 1.29 is 14.3 Å². The summed E-state index contributed by atoms with van der Waals surface area (Å²) in [5.74, 6) is 0.163. The summed E-state index contributed by atoms with van der Waals surface area (Å²) in [6.45, 7) is 1.90. The monoisotopic (exact) mass is 469 g/mol. The van der Waals surface area contributed by atoms with Crippen LogP contribution in [0.15, 0.2) is 66.7 Å². The van der Waals surface area contributed by atoms with Crippen molar-refractivity contribution in [2.75, 3.05) is 17.3 Å². The number of amides is 2. The summed E-state index contributed by atoms with van der Waals surface area (Å²) in [4.78, 5) is 28.7. The Morgan fingerprint density at radius 2 is 1.74 bits per heavy atom. The third-order valence-electron chi connectivity index (χ3n) is 6.80. The van der Waals surface area contributed by atoms with E-state index in [4.69, 9.17) is 4.74 Å². The molecule has 6 nitrogen and oxygen atoms in total. The molecule has 3 aromatic carbocycles. The van der Waals surface area contributed by atoms with Crippen LogP contribution < -0.4 is 20.3 Å². The zero-order valence-electron chi connectivity index (χ0n) is 20.2. The smallest absolute Gasteiger partial charge is 0.259 e. The van der Waals surface area contributed by atoms with Crippen LogP contribution in [0.4, 0.5) is 11.4 Å². The summed E-state index contributed by atoms with van der Waals surface area (Å²) >= 11 is 0. The van der Waals surface area contributed by atoms with Crippen molar-refractivity contribution in [3.63, 3.8) is 0 Å².